The summed E-state index contributed by atoms with van der Waals surface area (Å²) in [5, 5.41) is 10.1. The first kappa shape index (κ1) is 33.0. The molecule has 49 heavy (non-hydrogen) atoms. The standard InChI is InChI=1S/C38H28FN5O3S2/c39-29-15-13-26(14-16-29)33-24-48-38(43-33)44-37(47)34(27-9-3-1-4-10-27)49-31-19-17-30(18-20-31)41-36(46)32(22-25-8-7-21-40-23-25)42-35(45)28-11-5-2-6-12-28/h1-24,34H,(H,41,46)(H,42,45)(H,43,44,47)/b32-22-. The van der Waals surface area contributed by atoms with Crippen molar-refractivity contribution in [2.45, 2.75) is 10.1 Å². The quantitative estimate of drug-likeness (QED) is 0.0936. The Labute approximate surface area is 290 Å². The van der Waals surface area contributed by atoms with Crippen LogP contribution in [0.4, 0.5) is 15.2 Å². The minimum atomic E-state index is -0.609. The van der Waals surface area contributed by atoms with E-state index in [0.717, 1.165) is 16.0 Å². The van der Waals surface area contributed by atoms with Gasteiger partial charge in [-0.05, 0) is 83.9 Å². The molecule has 1 atom stereocenters. The van der Waals surface area contributed by atoms with E-state index in [1.807, 2.05) is 47.8 Å². The molecule has 0 saturated carbocycles. The fourth-order valence-electron chi connectivity index (χ4n) is 4.68. The highest BCUT2D eigenvalue weighted by molar-refractivity contribution is 8.00. The third-order valence-electron chi connectivity index (χ3n) is 7.11. The zero-order chi connectivity index (χ0) is 34.0. The zero-order valence-electron chi connectivity index (χ0n) is 25.7. The second kappa shape index (κ2) is 15.8. The summed E-state index contributed by atoms with van der Waals surface area (Å²) in [6.45, 7) is 0. The number of hydrogen-bond acceptors (Lipinski definition) is 7. The maximum atomic E-state index is 13.6. The average Bonchev–Trinajstić information content (AvgIpc) is 3.60. The number of nitrogens with one attached hydrogen (secondary N) is 3. The Morgan fingerprint density at radius 1 is 0.796 bits per heavy atom. The number of anilines is 2. The van der Waals surface area contributed by atoms with Gasteiger partial charge in [-0.25, -0.2) is 9.37 Å². The summed E-state index contributed by atoms with van der Waals surface area (Å²) in [6.07, 6.45) is 4.77. The van der Waals surface area contributed by atoms with Crippen molar-refractivity contribution in [3.63, 3.8) is 0 Å². The minimum Gasteiger partial charge on any atom is -0.321 e. The van der Waals surface area contributed by atoms with E-state index in [2.05, 4.69) is 25.9 Å². The topological polar surface area (TPSA) is 113 Å². The van der Waals surface area contributed by atoms with E-state index in [4.69, 9.17) is 0 Å². The number of pyridine rings is 1. The number of carbonyl (C=O) groups is 3. The van der Waals surface area contributed by atoms with Crippen LogP contribution in [0, 0.1) is 5.82 Å². The number of hydrogen-bond donors (Lipinski definition) is 3. The number of amides is 3. The highest BCUT2D eigenvalue weighted by atomic mass is 32.2. The molecule has 0 spiro atoms. The summed E-state index contributed by atoms with van der Waals surface area (Å²) in [5.74, 6) is -1.53. The third kappa shape index (κ3) is 8.92. The van der Waals surface area contributed by atoms with E-state index in [1.165, 1.54) is 35.2 Å². The smallest absolute Gasteiger partial charge is 0.272 e. The minimum absolute atomic E-state index is 0.0471. The van der Waals surface area contributed by atoms with Gasteiger partial charge >= 0.3 is 0 Å². The van der Waals surface area contributed by atoms with Crippen LogP contribution in [0.1, 0.15) is 26.7 Å². The molecule has 2 heterocycles. The van der Waals surface area contributed by atoms with Crippen LogP contribution in [0.2, 0.25) is 0 Å². The molecule has 2 aromatic heterocycles. The van der Waals surface area contributed by atoms with Crippen molar-refractivity contribution in [1.29, 1.82) is 0 Å². The van der Waals surface area contributed by atoms with Crippen molar-refractivity contribution in [3.05, 3.63) is 167 Å². The summed E-state index contributed by atoms with van der Waals surface area (Å²) < 4.78 is 13.4. The molecule has 0 saturated heterocycles. The Kier molecular flexibility index (Phi) is 10.6. The number of thioether (sulfide) groups is 1. The van der Waals surface area contributed by atoms with Crippen LogP contribution >= 0.6 is 23.1 Å². The molecule has 0 aliphatic heterocycles. The Hall–Kier alpha value is -5.91. The Balaban J connectivity index is 1.16. The van der Waals surface area contributed by atoms with Gasteiger partial charge in [0.05, 0.1) is 5.69 Å². The molecule has 8 nitrogen and oxygen atoms in total. The van der Waals surface area contributed by atoms with Crippen LogP contribution in [0.15, 0.2) is 150 Å². The molecule has 6 rings (SSSR count). The largest absolute Gasteiger partial charge is 0.321 e. The third-order valence-corrected chi connectivity index (χ3v) is 9.13. The van der Waals surface area contributed by atoms with Gasteiger partial charge in [-0.3, -0.25) is 19.4 Å². The van der Waals surface area contributed by atoms with Crippen molar-refractivity contribution in [1.82, 2.24) is 15.3 Å². The highest BCUT2D eigenvalue weighted by Crippen LogP contribution is 2.37. The monoisotopic (exact) mass is 685 g/mol. The van der Waals surface area contributed by atoms with Crippen molar-refractivity contribution >= 4 is 57.7 Å². The first-order valence-corrected chi connectivity index (χ1v) is 16.8. The van der Waals surface area contributed by atoms with E-state index < -0.39 is 17.1 Å². The molecule has 4 aromatic carbocycles. The molecular formula is C38H28FN5O3S2. The Bertz CT molecular complexity index is 2070. The predicted octanol–water partition coefficient (Wildman–Crippen LogP) is 8.23. The Morgan fingerprint density at radius 3 is 2.20 bits per heavy atom. The maximum absolute atomic E-state index is 13.6. The number of halogens is 1. The average molecular weight is 686 g/mol. The predicted molar refractivity (Wildman–Crippen MR) is 192 cm³/mol. The van der Waals surface area contributed by atoms with E-state index in [1.54, 1.807) is 85.2 Å². The molecule has 0 radical (unpaired) electrons. The lowest BCUT2D eigenvalue weighted by molar-refractivity contribution is -0.116. The molecule has 0 bridgehead atoms. The molecule has 242 valence electrons. The molecule has 1 unspecified atom stereocenters. The first-order chi connectivity index (χ1) is 23.9. The normalized spacial score (nSPS) is 11.7. The highest BCUT2D eigenvalue weighted by Gasteiger charge is 2.23. The zero-order valence-corrected chi connectivity index (χ0v) is 27.4. The van der Waals surface area contributed by atoms with E-state index in [-0.39, 0.29) is 17.4 Å². The number of aromatic nitrogens is 2. The molecular weight excluding hydrogens is 658 g/mol. The first-order valence-electron chi connectivity index (χ1n) is 15.0. The number of benzene rings is 4. The van der Waals surface area contributed by atoms with Crippen LogP contribution < -0.4 is 16.0 Å². The van der Waals surface area contributed by atoms with E-state index in [9.17, 15) is 18.8 Å². The molecule has 6 aromatic rings. The van der Waals surface area contributed by atoms with Crippen LogP contribution in [-0.4, -0.2) is 27.7 Å². The van der Waals surface area contributed by atoms with Gasteiger partial charge in [0.1, 0.15) is 16.8 Å². The van der Waals surface area contributed by atoms with E-state index in [0.29, 0.717) is 27.6 Å². The lowest BCUT2D eigenvalue weighted by Gasteiger charge is -2.17. The van der Waals surface area contributed by atoms with Crippen molar-refractivity contribution in [2.24, 2.45) is 0 Å². The summed E-state index contributed by atoms with van der Waals surface area (Å²) in [4.78, 5) is 49.3. The van der Waals surface area contributed by atoms with Gasteiger partial charge in [0.25, 0.3) is 11.8 Å². The molecule has 0 aliphatic carbocycles. The second-order valence-electron chi connectivity index (χ2n) is 10.6. The number of rotatable bonds is 11. The summed E-state index contributed by atoms with van der Waals surface area (Å²) in [7, 11) is 0. The SMILES string of the molecule is O=C(Nc1ccc(SC(C(=O)Nc2nc(-c3ccc(F)cc3)cs2)c2ccccc2)cc1)/C(=C/c1cccnc1)NC(=O)c1ccccc1. The van der Waals surface area contributed by atoms with Crippen LogP contribution in [0.3, 0.4) is 0 Å². The van der Waals surface area contributed by atoms with Crippen molar-refractivity contribution in [2.75, 3.05) is 10.6 Å². The van der Waals surface area contributed by atoms with Crippen molar-refractivity contribution in [3.8, 4) is 11.3 Å². The van der Waals surface area contributed by atoms with Gasteiger partial charge in [-0.1, -0.05) is 54.6 Å². The van der Waals surface area contributed by atoms with Crippen LogP contribution in [0.5, 0.6) is 0 Å². The van der Waals surface area contributed by atoms with Crippen molar-refractivity contribution < 1.29 is 18.8 Å². The lowest BCUT2D eigenvalue weighted by Crippen LogP contribution is -2.30. The Morgan fingerprint density at radius 2 is 1.51 bits per heavy atom. The van der Waals surface area contributed by atoms with Gasteiger partial charge in [0.15, 0.2) is 5.13 Å². The number of carbonyl (C=O) groups excluding carboxylic acids is 3. The molecule has 0 aliphatic rings. The van der Waals surface area contributed by atoms with Crippen LogP contribution in [-0.2, 0) is 9.59 Å². The lowest BCUT2D eigenvalue weighted by atomic mass is 10.1. The van der Waals surface area contributed by atoms with Gasteiger partial charge in [-0.15, -0.1) is 23.1 Å². The summed E-state index contributed by atoms with van der Waals surface area (Å²) in [6, 6.07) is 34.7. The number of nitrogens with zero attached hydrogens (tertiary/aromatic N) is 2. The van der Waals surface area contributed by atoms with Gasteiger partial charge in [0.2, 0.25) is 5.91 Å². The van der Waals surface area contributed by atoms with Gasteiger partial charge in [-0.2, -0.15) is 0 Å². The van der Waals surface area contributed by atoms with E-state index >= 15 is 0 Å². The molecule has 11 heteroatoms. The summed E-state index contributed by atoms with van der Waals surface area (Å²) in [5.41, 5.74) is 3.79. The molecule has 3 amide bonds. The maximum Gasteiger partial charge on any atom is 0.272 e. The number of thiazole rings is 1. The summed E-state index contributed by atoms with van der Waals surface area (Å²) >= 11 is 2.64. The van der Waals surface area contributed by atoms with Crippen LogP contribution in [0.25, 0.3) is 17.3 Å². The molecule has 3 N–H and O–H groups in total. The fraction of sp³-hybridized carbons (Fsp3) is 0.0263. The van der Waals surface area contributed by atoms with Gasteiger partial charge in [0, 0.05) is 39.5 Å². The molecule has 0 fully saturated rings. The van der Waals surface area contributed by atoms with Gasteiger partial charge < -0.3 is 16.0 Å². The second-order valence-corrected chi connectivity index (χ2v) is 12.6. The fourth-order valence-corrected chi connectivity index (χ4v) is 6.43.